The number of rotatable bonds is 4. The van der Waals surface area contributed by atoms with Crippen molar-refractivity contribution in [3.8, 4) is 5.75 Å². The van der Waals surface area contributed by atoms with E-state index in [-0.39, 0.29) is 18.1 Å². The molecule has 0 unspecified atom stereocenters. The van der Waals surface area contributed by atoms with Gasteiger partial charge in [-0.25, -0.2) is 0 Å². The summed E-state index contributed by atoms with van der Waals surface area (Å²) in [5.74, 6) is 0.0420. The van der Waals surface area contributed by atoms with E-state index in [2.05, 4.69) is 0 Å². The highest BCUT2D eigenvalue weighted by atomic mass is 16.5. The van der Waals surface area contributed by atoms with Crippen LogP contribution in [0.25, 0.3) is 6.08 Å². The third-order valence-corrected chi connectivity index (χ3v) is 2.45. The van der Waals surface area contributed by atoms with Gasteiger partial charge in [0.2, 0.25) is 0 Å². The summed E-state index contributed by atoms with van der Waals surface area (Å²) in [5, 5.41) is 9.40. The predicted octanol–water partition coefficient (Wildman–Crippen LogP) is 2.98. The molecular weight excluding hydrogens is 216 g/mol. The summed E-state index contributed by atoms with van der Waals surface area (Å²) in [6.07, 6.45) is 3.94. The van der Waals surface area contributed by atoms with Crippen molar-refractivity contribution in [2.45, 2.75) is 27.2 Å². The lowest BCUT2D eigenvalue weighted by Crippen LogP contribution is -2.01. The summed E-state index contributed by atoms with van der Waals surface area (Å²) in [4.78, 5) is 11.1. The number of phenols is 1. The van der Waals surface area contributed by atoms with E-state index >= 15 is 0 Å². The lowest BCUT2D eigenvalue weighted by molar-refractivity contribution is -0.142. The number of hydrogen-bond donors (Lipinski definition) is 1. The third kappa shape index (κ3) is 3.94. The van der Waals surface area contributed by atoms with Crippen LogP contribution in [0, 0.1) is 13.8 Å². The first kappa shape index (κ1) is 13.3. The standard InChI is InChI=1S/C14H18O3/c1-4-17-14(16)7-5-6-13-10(2)8-12(15)9-11(13)3/h5-6,8-9,15H,4,7H2,1-3H3. The van der Waals surface area contributed by atoms with Gasteiger partial charge in [-0.15, -0.1) is 0 Å². The van der Waals surface area contributed by atoms with Crippen molar-refractivity contribution < 1.29 is 14.6 Å². The fourth-order valence-corrected chi connectivity index (χ4v) is 1.71. The number of carbonyl (C=O) groups excluding carboxylic acids is 1. The van der Waals surface area contributed by atoms with Crippen LogP contribution in [0.15, 0.2) is 18.2 Å². The molecule has 0 heterocycles. The van der Waals surface area contributed by atoms with Gasteiger partial charge in [0.1, 0.15) is 5.75 Å². The number of benzene rings is 1. The van der Waals surface area contributed by atoms with Gasteiger partial charge in [-0.1, -0.05) is 12.2 Å². The fraction of sp³-hybridized carbons (Fsp3) is 0.357. The number of aryl methyl sites for hydroxylation is 2. The van der Waals surface area contributed by atoms with Crippen LogP contribution >= 0.6 is 0 Å². The van der Waals surface area contributed by atoms with Crippen LogP contribution < -0.4 is 0 Å². The van der Waals surface area contributed by atoms with Crippen LogP contribution in [0.1, 0.15) is 30.0 Å². The molecule has 0 atom stereocenters. The summed E-state index contributed by atoms with van der Waals surface area (Å²) in [6, 6.07) is 3.41. The van der Waals surface area contributed by atoms with Gasteiger partial charge in [0, 0.05) is 0 Å². The summed E-state index contributed by atoms with van der Waals surface area (Å²) in [5.41, 5.74) is 3.01. The molecule has 3 heteroatoms. The number of aromatic hydroxyl groups is 1. The van der Waals surface area contributed by atoms with Crippen LogP contribution in [-0.4, -0.2) is 17.7 Å². The molecule has 1 aromatic carbocycles. The Morgan fingerprint density at radius 1 is 1.35 bits per heavy atom. The molecule has 1 N–H and O–H groups in total. The van der Waals surface area contributed by atoms with Crippen molar-refractivity contribution in [2.24, 2.45) is 0 Å². The molecule has 0 spiro atoms. The minimum atomic E-state index is -0.224. The largest absolute Gasteiger partial charge is 0.508 e. The van der Waals surface area contributed by atoms with E-state index in [4.69, 9.17) is 4.74 Å². The van der Waals surface area contributed by atoms with Crippen LogP contribution in [0.2, 0.25) is 0 Å². The molecule has 0 aliphatic heterocycles. The number of carbonyl (C=O) groups is 1. The van der Waals surface area contributed by atoms with E-state index in [0.29, 0.717) is 6.61 Å². The zero-order valence-electron chi connectivity index (χ0n) is 10.5. The Labute approximate surface area is 102 Å². The van der Waals surface area contributed by atoms with Crippen molar-refractivity contribution in [2.75, 3.05) is 6.61 Å². The SMILES string of the molecule is CCOC(=O)CC=Cc1c(C)cc(O)cc1C. The molecule has 1 rings (SSSR count). The lowest BCUT2D eigenvalue weighted by Gasteiger charge is -2.06. The minimum Gasteiger partial charge on any atom is -0.508 e. The van der Waals surface area contributed by atoms with Crippen LogP contribution in [0.5, 0.6) is 5.75 Å². The van der Waals surface area contributed by atoms with Crippen LogP contribution in [0.4, 0.5) is 0 Å². The maximum atomic E-state index is 11.1. The summed E-state index contributed by atoms with van der Waals surface area (Å²) in [7, 11) is 0. The fourth-order valence-electron chi connectivity index (χ4n) is 1.71. The Kier molecular flexibility index (Phi) is 4.76. The molecule has 0 bridgehead atoms. The molecule has 0 amide bonds. The average Bonchev–Trinajstić information content (AvgIpc) is 2.22. The van der Waals surface area contributed by atoms with Crippen molar-refractivity contribution >= 4 is 12.0 Å². The molecule has 0 saturated heterocycles. The number of hydrogen-bond acceptors (Lipinski definition) is 3. The Morgan fingerprint density at radius 2 is 1.94 bits per heavy atom. The van der Waals surface area contributed by atoms with Gasteiger partial charge in [-0.05, 0) is 49.6 Å². The molecule has 0 saturated carbocycles. The van der Waals surface area contributed by atoms with Crippen molar-refractivity contribution in [1.82, 2.24) is 0 Å². The maximum absolute atomic E-state index is 11.1. The first-order valence-electron chi connectivity index (χ1n) is 5.67. The molecule has 0 aromatic heterocycles. The number of ether oxygens (including phenoxy) is 1. The third-order valence-electron chi connectivity index (χ3n) is 2.45. The molecule has 0 fully saturated rings. The second-order valence-electron chi connectivity index (χ2n) is 3.90. The molecule has 0 aliphatic carbocycles. The molecule has 92 valence electrons. The normalized spacial score (nSPS) is 10.8. The van der Waals surface area contributed by atoms with Gasteiger partial charge in [-0.3, -0.25) is 4.79 Å². The second kappa shape index (κ2) is 6.09. The lowest BCUT2D eigenvalue weighted by atomic mass is 10.0. The molecule has 3 nitrogen and oxygen atoms in total. The van der Waals surface area contributed by atoms with Crippen molar-refractivity contribution in [1.29, 1.82) is 0 Å². The topological polar surface area (TPSA) is 46.5 Å². The Balaban J connectivity index is 2.75. The molecule has 1 aromatic rings. The Hall–Kier alpha value is -1.77. The van der Waals surface area contributed by atoms with Gasteiger partial charge >= 0.3 is 5.97 Å². The van der Waals surface area contributed by atoms with Gasteiger partial charge in [0.15, 0.2) is 0 Å². The maximum Gasteiger partial charge on any atom is 0.309 e. The van der Waals surface area contributed by atoms with Crippen molar-refractivity contribution in [3.63, 3.8) is 0 Å². The highest BCUT2D eigenvalue weighted by Crippen LogP contribution is 2.21. The monoisotopic (exact) mass is 234 g/mol. The smallest absolute Gasteiger partial charge is 0.309 e. The van der Waals surface area contributed by atoms with E-state index in [1.807, 2.05) is 19.9 Å². The van der Waals surface area contributed by atoms with Gasteiger partial charge in [-0.2, -0.15) is 0 Å². The zero-order valence-corrected chi connectivity index (χ0v) is 10.5. The van der Waals surface area contributed by atoms with Crippen LogP contribution in [0.3, 0.4) is 0 Å². The van der Waals surface area contributed by atoms with E-state index in [1.165, 1.54) is 0 Å². The zero-order chi connectivity index (χ0) is 12.8. The average molecular weight is 234 g/mol. The van der Waals surface area contributed by atoms with E-state index in [1.54, 1.807) is 25.1 Å². The Bertz CT molecular complexity index is 410. The van der Waals surface area contributed by atoms with E-state index in [9.17, 15) is 9.90 Å². The van der Waals surface area contributed by atoms with E-state index in [0.717, 1.165) is 16.7 Å². The molecule has 0 aliphatic rings. The van der Waals surface area contributed by atoms with Gasteiger partial charge in [0.25, 0.3) is 0 Å². The summed E-state index contributed by atoms with van der Waals surface area (Å²) < 4.78 is 4.83. The highest BCUT2D eigenvalue weighted by Gasteiger charge is 2.02. The molecule has 0 radical (unpaired) electrons. The molecular formula is C14H18O3. The van der Waals surface area contributed by atoms with Crippen LogP contribution in [-0.2, 0) is 9.53 Å². The summed E-state index contributed by atoms with van der Waals surface area (Å²) in [6.45, 7) is 6.05. The van der Waals surface area contributed by atoms with Gasteiger partial charge in [0.05, 0.1) is 13.0 Å². The van der Waals surface area contributed by atoms with E-state index < -0.39 is 0 Å². The van der Waals surface area contributed by atoms with Crippen molar-refractivity contribution in [3.05, 3.63) is 34.9 Å². The number of esters is 1. The molecule has 17 heavy (non-hydrogen) atoms. The number of phenolic OH excluding ortho intramolecular Hbond substituents is 1. The van der Waals surface area contributed by atoms with Gasteiger partial charge < -0.3 is 9.84 Å². The minimum absolute atomic E-state index is 0.224. The summed E-state index contributed by atoms with van der Waals surface area (Å²) >= 11 is 0. The Morgan fingerprint density at radius 3 is 2.47 bits per heavy atom. The second-order valence-corrected chi connectivity index (χ2v) is 3.90. The predicted molar refractivity (Wildman–Crippen MR) is 67.9 cm³/mol. The highest BCUT2D eigenvalue weighted by molar-refractivity contribution is 5.73. The first-order valence-corrected chi connectivity index (χ1v) is 5.67. The first-order chi connectivity index (χ1) is 8.04. The quantitative estimate of drug-likeness (QED) is 0.815.